The van der Waals surface area contributed by atoms with Crippen LogP contribution in [0, 0.1) is 0 Å². The van der Waals surface area contributed by atoms with Gasteiger partial charge in [-0.2, -0.15) is 0 Å². The van der Waals surface area contributed by atoms with Crippen LogP contribution in [-0.4, -0.2) is 66.3 Å². The number of carbonyl (C=O) groups excluding carboxylic acids is 1. The number of guanidine groups is 1. The van der Waals surface area contributed by atoms with Gasteiger partial charge in [-0.15, -0.1) is 24.0 Å². The largest absolute Gasteiger partial charge is 0.508 e. The molecule has 1 fully saturated rings. The lowest BCUT2D eigenvalue weighted by atomic mass is 10.2. The average Bonchev–Trinajstić information content (AvgIpc) is 2.60. The number of rotatable bonds is 4. The minimum atomic E-state index is -0.247. The monoisotopic (exact) mass is 462 g/mol. The Labute approximate surface area is 166 Å². The van der Waals surface area contributed by atoms with Gasteiger partial charge >= 0.3 is 6.09 Å². The van der Waals surface area contributed by atoms with Gasteiger partial charge in [-0.25, -0.2) is 9.79 Å². The molecule has 1 aromatic rings. The maximum atomic E-state index is 11.8. The average molecular weight is 462 g/mol. The fraction of sp³-hybridized carbons (Fsp3) is 0.529. The fourth-order valence-corrected chi connectivity index (χ4v) is 2.51. The molecule has 2 N–H and O–H groups in total. The summed E-state index contributed by atoms with van der Waals surface area (Å²) in [7, 11) is 0. The number of aromatic hydroxyl groups is 1. The summed E-state index contributed by atoms with van der Waals surface area (Å²) >= 11 is 0. The highest BCUT2D eigenvalue weighted by atomic mass is 127. The molecule has 0 aromatic heterocycles. The molecule has 7 nitrogen and oxygen atoms in total. The quantitative estimate of drug-likeness (QED) is 0.408. The summed E-state index contributed by atoms with van der Waals surface area (Å²) in [6.45, 7) is 8.27. The van der Waals surface area contributed by atoms with Gasteiger partial charge in [-0.3, -0.25) is 0 Å². The van der Waals surface area contributed by atoms with Crippen LogP contribution in [0.5, 0.6) is 5.75 Å². The summed E-state index contributed by atoms with van der Waals surface area (Å²) in [5, 5.41) is 12.6. The first-order chi connectivity index (χ1) is 11.6. The number of nitrogens with one attached hydrogen (secondary N) is 1. The molecule has 0 radical (unpaired) electrons. The van der Waals surface area contributed by atoms with Crippen LogP contribution < -0.4 is 5.32 Å². The second kappa shape index (κ2) is 11.0. The maximum absolute atomic E-state index is 11.8. The lowest BCUT2D eigenvalue weighted by Gasteiger charge is -2.35. The van der Waals surface area contributed by atoms with Crippen molar-refractivity contribution in [2.75, 3.05) is 39.3 Å². The van der Waals surface area contributed by atoms with Gasteiger partial charge < -0.3 is 25.0 Å². The Morgan fingerprint density at radius 1 is 1.16 bits per heavy atom. The smallest absolute Gasteiger partial charge is 0.409 e. The third-order valence-corrected chi connectivity index (χ3v) is 3.79. The SMILES string of the molecule is CCNC(=NCc1ccc(O)cc1)N1CCN(C(=O)OCC)CC1.I. The molecule has 140 valence electrons. The number of hydrogen-bond donors (Lipinski definition) is 2. The van der Waals surface area contributed by atoms with E-state index in [9.17, 15) is 9.90 Å². The molecule has 0 spiro atoms. The molecular formula is C17H27IN4O3. The highest BCUT2D eigenvalue weighted by molar-refractivity contribution is 14.0. The van der Waals surface area contributed by atoms with Gasteiger partial charge in [0.25, 0.3) is 0 Å². The van der Waals surface area contributed by atoms with Crippen molar-refractivity contribution < 1.29 is 14.6 Å². The molecule has 8 heteroatoms. The number of nitrogens with zero attached hydrogens (tertiary/aromatic N) is 3. The Balaban J connectivity index is 0.00000312. The van der Waals surface area contributed by atoms with E-state index in [1.165, 1.54) is 0 Å². The number of carbonyl (C=O) groups is 1. The van der Waals surface area contributed by atoms with Gasteiger partial charge in [-0.1, -0.05) is 12.1 Å². The number of amides is 1. The Hall–Kier alpha value is -1.71. The van der Waals surface area contributed by atoms with Crippen molar-refractivity contribution in [2.24, 2.45) is 4.99 Å². The number of benzene rings is 1. The van der Waals surface area contributed by atoms with E-state index in [4.69, 9.17) is 4.74 Å². The molecule has 0 saturated carbocycles. The van der Waals surface area contributed by atoms with E-state index in [1.54, 1.807) is 17.0 Å². The van der Waals surface area contributed by atoms with Gasteiger partial charge in [0.05, 0.1) is 13.2 Å². The molecule has 1 saturated heterocycles. The van der Waals surface area contributed by atoms with Crippen LogP contribution in [0.4, 0.5) is 4.79 Å². The van der Waals surface area contributed by atoms with Crippen LogP contribution in [0.1, 0.15) is 19.4 Å². The summed E-state index contributed by atoms with van der Waals surface area (Å²) in [5.41, 5.74) is 1.04. The Morgan fingerprint density at radius 2 is 1.76 bits per heavy atom. The fourth-order valence-electron chi connectivity index (χ4n) is 2.51. The predicted molar refractivity (Wildman–Crippen MR) is 109 cm³/mol. The van der Waals surface area contributed by atoms with Crippen LogP contribution in [0.25, 0.3) is 0 Å². The van der Waals surface area contributed by atoms with Crippen molar-refractivity contribution in [2.45, 2.75) is 20.4 Å². The molecule has 1 aromatic carbocycles. The van der Waals surface area contributed by atoms with Crippen LogP contribution in [0.3, 0.4) is 0 Å². The second-order valence-corrected chi connectivity index (χ2v) is 5.51. The predicted octanol–water partition coefficient (Wildman–Crippen LogP) is 2.25. The molecule has 1 heterocycles. The van der Waals surface area contributed by atoms with Crippen molar-refractivity contribution in [3.8, 4) is 5.75 Å². The first-order valence-electron chi connectivity index (χ1n) is 8.37. The third-order valence-electron chi connectivity index (χ3n) is 3.79. The summed E-state index contributed by atoms with van der Waals surface area (Å²) in [5.74, 6) is 1.10. The van der Waals surface area contributed by atoms with Crippen LogP contribution in [0.15, 0.2) is 29.3 Å². The van der Waals surface area contributed by atoms with Gasteiger partial charge in [0.2, 0.25) is 0 Å². The van der Waals surface area contributed by atoms with Gasteiger partial charge in [-0.05, 0) is 31.5 Å². The lowest BCUT2D eigenvalue weighted by molar-refractivity contribution is 0.0914. The van der Waals surface area contributed by atoms with Crippen LogP contribution in [-0.2, 0) is 11.3 Å². The van der Waals surface area contributed by atoms with Gasteiger partial charge in [0, 0.05) is 32.7 Å². The van der Waals surface area contributed by atoms with Crippen molar-refractivity contribution in [1.29, 1.82) is 0 Å². The zero-order chi connectivity index (χ0) is 17.4. The number of piperazine rings is 1. The standard InChI is InChI=1S/C17H26N4O3.HI/c1-3-18-16(19-13-14-5-7-15(22)8-6-14)20-9-11-21(12-10-20)17(23)24-4-2;/h5-8,22H,3-4,9-13H2,1-2H3,(H,18,19);1H. The van der Waals surface area contributed by atoms with Gasteiger partial charge in [0.15, 0.2) is 5.96 Å². The Morgan fingerprint density at radius 3 is 2.32 bits per heavy atom. The van der Waals surface area contributed by atoms with Crippen molar-refractivity contribution in [3.05, 3.63) is 29.8 Å². The van der Waals surface area contributed by atoms with E-state index >= 15 is 0 Å². The Kier molecular flexibility index (Phi) is 9.40. The Bertz CT molecular complexity index is 558. The molecule has 0 atom stereocenters. The summed E-state index contributed by atoms with van der Waals surface area (Å²) < 4.78 is 5.04. The van der Waals surface area contributed by atoms with Gasteiger partial charge in [0.1, 0.15) is 5.75 Å². The zero-order valence-electron chi connectivity index (χ0n) is 14.8. The minimum Gasteiger partial charge on any atom is -0.508 e. The number of hydrogen-bond acceptors (Lipinski definition) is 4. The second-order valence-electron chi connectivity index (χ2n) is 5.51. The number of phenols is 1. The molecule has 0 aliphatic carbocycles. The van der Waals surface area contributed by atoms with E-state index in [1.807, 2.05) is 26.0 Å². The van der Waals surface area contributed by atoms with Crippen LogP contribution in [0.2, 0.25) is 0 Å². The van der Waals surface area contributed by atoms with Crippen molar-refractivity contribution in [1.82, 2.24) is 15.1 Å². The van der Waals surface area contributed by atoms with E-state index in [-0.39, 0.29) is 35.8 Å². The highest BCUT2D eigenvalue weighted by Gasteiger charge is 2.23. The van der Waals surface area contributed by atoms with Crippen molar-refractivity contribution in [3.63, 3.8) is 0 Å². The highest BCUT2D eigenvalue weighted by Crippen LogP contribution is 2.11. The minimum absolute atomic E-state index is 0. The maximum Gasteiger partial charge on any atom is 0.409 e. The molecule has 0 bridgehead atoms. The topological polar surface area (TPSA) is 77.4 Å². The van der Waals surface area contributed by atoms with Crippen molar-refractivity contribution >= 4 is 36.0 Å². The molecular weight excluding hydrogens is 435 g/mol. The summed E-state index contributed by atoms with van der Waals surface area (Å²) in [6, 6.07) is 7.05. The number of ether oxygens (including phenoxy) is 1. The van der Waals surface area contributed by atoms with E-state index in [0.29, 0.717) is 26.2 Å². The molecule has 2 rings (SSSR count). The first kappa shape index (κ1) is 21.3. The molecule has 1 aliphatic rings. The first-order valence-corrected chi connectivity index (χ1v) is 8.37. The van der Waals surface area contributed by atoms with E-state index in [0.717, 1.165) is 31.2 Å². The zero-order valence-corrected chi connectivity index (χ0v) is 17.1. The summed E-state index contributed by atoms with van der Waals surface area (Å²) in [4.78, 5) is 20.3. The van der Waals surface area contributed by atoms with Crippen LogP contribution >= 0.6 is 24.0 Å². The molecule has 1 amide bonds. The summed E-state index contributed by atoms with van der Waals surface area (Å²) in [6.07, 6.45) is -0.247. The van der Waals surface area contributed by atoms with E-state index in [2.05, 4.69) is 15.2 Å². The number of aliphatic imine (C=N–C) groups is 1. The molecule has 25 heavy (non-hydrogen) atoms. The van der Waals surface area contributed by atoms with E-state index < -0.39 is 0 Å². The lowest BCUT2D eigenvalue weighted by Crippen LogP contribution is -2.53. The molecule has 0 unspecified atom stereocenters. The third kappa shape index (κ3) is 6.60. The normalized spacial score (nSPS) is 14.7. The molecule has 1 aliphatic heterocycles. The number of phenolic OH excluding ortho intramolecular Hbond substituents is 1. The number of halogens is 1.